The van der Waals surface area contributed by atoms with E-state index in [4.69, 9.17) is 16.3 Å². The standard InChI is InChI=1S/C10H9ClN4O3/c1-5-6(16)2-10(11,18-5)15-4-14-7-8(15)12-3-13-9(7)17/h3-4,6,16H,1-2H2,(H,12,13,17)/t6-,10-/m0/s1. The lowest BCUT2D eigenvalue weighted by atomic mass is 10.2. The number of aromatic nitrogens is 4. The van der Waals surface area contributed by atoms with Gasteiger partial charge in [0.1, 0.15) is 24.5 Å². The maximum Gasteiger partial charge on any atom is 0.269 e. The van der Waals surface area contributed by atoms with Gasteiger partial charge in [0.05, 0.1) is 6.42 Å². The molecule has 1 aliphatic heterocycles. The van der Waals surface area contributed by atoms with Crippen molar-refractivity contribution in [2.45, 2.75) is 17.7 Å². The van der Waals surface area contributed by atoms with Crippen LogP contribution in [0.15, 0.2) is 25.0 Å². The van der Waals surface area contributed by atoms with Crippen LogP contribution in [-0.4, -0.2) is 35.8 Å². The first-order valence-corrected chi connectivity index (χ1v) is 5.51. The number of aliphatic hydroxyl groups excluding tert-OH is 1. The third-order valence-corrected chi connectivity index (χ3v) is 3.19. The summed E-state index contributed by atoms with van der Waals surface area (Å²) in [7, 11) is 0. The molecule has 0 bridgehead atoms. The van der Waals surface area contributed by atoms with Gasteiger partial charge in [-0.1, -0.05) is 6.58 Å². The third kappa shape index (κ3) is 1.44. The summed E-state index contributed by atoms with van der Waals surface area (Å²) in [5.41, 5.74) is 0.535. The summed E-state index contributed by atoms with van der Waals surface area (Å²) in [6.07, 6.45) is 1.83. The molecule has 94 valence electrons. The zero-order valence-corrected chi connectivity index (χ0v) is 9.87. The van der Waals surface area contributed by atoms with Crippen molar-refractivity contribution in [1.29, 1.82) is 0 Å². The fourth-order valence-corrected chi connectivity index (χ4v) is 2.25. The average molecular weight is 269 g/mol. The lowest BCUT2D eigenvalue weighted by Gasteiger charge is -2.22. The SMILES string of the molecule is C=C1O[C@@](Cl)(n2cnc3c(O)ncnc32)C[C@@H]1O. The van der Waals surface area contributed by atoms with Crippen molar-refractivity contribution >= 4 is 22.8 Å². The second-order valence-electron chi connectivity index (χ2n) is 3.96. The van der Waals surface area contributed by atoms with Crippen LogP contribution in [0.4, 0.5) is 0 Å². The predicted molar refractivity (Wildman–Crippen MR) is 61.7 cm³/mol. The van der Waals surface area contributed by atoms with E-state index in [0.717, 1.165) is 0 Å². The Morgan fingerprint density at radius 3 is 2.94 bits per heavy atom. The lowest BCUT2D eigenvalue weighted by Crippen LogP contribution is -2.26. The minimum Gasteiger partial charge on any atom is -0.492 e. The Morgan fingerprint density at radius 1 is 1.50 bits per heavy atom. The van der Waals surface area contributed by atoms with Gasteiger partial charge >= 0.3 is 0 Å². The van der Waals surface area contributed by atoms with Gasteiger partial charge in [0.15, 0.2) is 11.2 Å². The smallest absolute Gasteiger partial charge is 0.269 e. The lowest BCUT2D eigenvalue weighted by molar-refractivity contribution is 0.0550. The van der Waals surface area contributed by atoms with Crippen molar-refractivity contribution in [3.63, 3.8) is 0 Å². The van der Waals surface area contributed by atoms with Crippen molar-refractivity contribution in [2.24, 2.45) is 0 Å². The Hall–Kier alpha value is -1.86. The number of nitrogens with zero attached hydrogens (tertiary/aromatic N) is 4. The number of aromatic hydroxyl groups is 1. The highest BCUT2D eigenvalue weighted by Gasteiger charge is 2.44. The molecule has 3 heterocycles. The summed E-state index contributed by atoms with van der Waals surface area (Å²) in [5.74, 6) is -0.0542. The summed E-state index contributed by atoms with van der Waals surface area (Å²) in [5, 5.41) is 17.8. The number of halogens is 1. The van der Waals surface area contributed by atoms with Crippen molar-refractivity contribution in [3.05, 3.63) is 25.0 Å². The van der Waals surface area contributed by atoms with Crippen molar-refractivity contribution in [1.82, 2.24) is 19.5 Å². The molecule has 2 aromatic heterocycles. The fourth-order valence-electron chi connectivity index (χ4n) is 1.88. The molecular formula is C10H9ClN4O3. The molecule has 2 N–H and O–H groups in total. The molecule has 0 aromatic carbocycles. The van der Waals surface area contributed by atoms with Crippen LogP contribution in [0.5, 0.6) is 5.88 Å². The monoisotopic (exact) mass is 268 g/mol. The highest BCUT2D eigenvalue weighted by atomic mass is 35.5. The van der Waals surface area contributed by atoms with E-state index in [1.54, 1.807) is 0 Å². The largest absolute Gasteiger partial charge is 0.492 e. The Morgan fingerprint density at radius 2 is 2.28 bits per heavy atom. The topological polar surface area (TPSA) is 93.3 Å². The van der Waals surface area contributed by atoms with Gasteiger partial charge in [0, 0.05) is 0 Å². The van der Waals surface area contributed by atoms with Crippen molar-refractivity contribution < 1.29 is 14.9 Å². The highest BCUT2D eigenvalue weighted by molar-refractivity contribution is 6.21. The fraction of sp³-hybridized carbons (Fsp3) is 0.300. The zero-order valence-electron chi connectivity index (χ0n) is 9.12. The van der Waals surface area contributed by atoms with Crippen LogP contribution in [0.3, 0.4) is 0 Å². The van der Waals surface area contributed by atoms with Crippen molar-refractivity contribution in [3.8, 4) is 5.88 Å². The number of alkyl halides is 1. The molecule has 0 aliphatic carbocycles. The summed E-state index contributed by atoms with van der Waals surface area (Å²) in [6, 6.07) is 0. The van der Waals surface area contributed by atoms with Gasteiger partial charge in [-0.05, 0) is 11.6 Å². The molecule has 0 spiro atoms. The molecule has 0 amide bonds. The average Bonchev–Trinajstić information content (AvgIpc) is 2.83. The van der Waals surface area contributed by atoms with Crippen LogP contribution >= 0.6 is 11.6 Å². The normalized spacial score (nSPS) is 27.7. The summed E-state index contributed by atoms with van der Waals surface area (Å²) in [4.78, 5) is 11.6. The second kappa shape index (κ2) is 3.56. The number of hydrogen-bond acceptors (Lipinski definition) is 6. The molecule has 1 saturated heterocycles. The van der Waals surface area contributed by atoms with Gasteiger partial charge in [-0.3, -0.25) is 4.57 Å². The predicted octanol–water partition coefficient (Wildman–Crippen LogP) is 0.676. The molecule has 18 heavy (non-hydrogen) atoms. The zero-order chi connectivity index (χ0) is 12.9. The number of imidazole rings is 1. The van der Waals surface area contributed by atoms with Gasteiger partial charge in [0.25, 0.3) is 5.18 Å². The molecule has 0 saturated carbocycles. The third-order valence-electron chi connectivity index (χ3n) is 2.78. The quantitative estimate of drug-likeness (QED) is 0.739. The molecule has 0 radical (unpaired) electrons. The highest BCUT2D eigenvalue weighted by Crippen LogP contribution is 2.41. The number of rotatable bonds is 1. The van der Waals surface area contributed by atoms with E-state index in [1.807, 2.05) is 0 Å². The molecule has 8 heteroatoms. The second-order valence-corrected chi connectivity index (χ2v) is 4.55. The molecule has 2 aromatic rings. The first-order valence-electron chi connectivity index (χ1n) is 5.13. The first kappa shape index (κ1) is 11.2. The van der Waals surface area contributed by atoms with Gasteiger partial charge in [-0.2, -0.15) is 4.98 Å². The number of fused-ring (bicyclic) bond motifs is 1. The minimum absolute atomic E-state index is 0.115. The molecule has 7 nitrogen and oxygen atoms in total. The van der Waals surface area contributed by atoms with E-state index in [1.165, 1.54) is 17.2 Å². The van der Waals surface area contributed by atoms with Gasteiger partial charge < -0.3 is 14.9 Å². The van der Waals surface area contributed by atoms with E-state index in [-0.39, 0.29) is 23.6 Å². The van der Waals surface area contributed by atoms with E-state index < -0.39 is 11.3 Å². The molecule has 1 aliphatic rings. The Balaban J connectivity index is 2.16. The van der Waals surface area contributed by atoms with Crippen LogP contribution in [0.25, 0.3) is 11.2 Å². The molecule has 3 rings (SSSR count). The Labute approximate surface area is 106 Å². The molecule has 2 atom stereocenters. The van der Waals surface area contributed by atoms with E-state index in [0.29, 0.717) is 5.65 Å². The minimum atomic E-state index is -1.34. The van der Waals surface area contributed by atoms with E-state index >= 15 is 0 Å². The van der Waals surface area contributed by atoms with Crippen LogP contribution in [0.1, 0.15) is 6.42 Å². The Kier molecular flexibility index (Phi) is 2.23. The summed E-state index contributed by atoms with van der Waals surface area (Å²) in [6.45, 7) is 3.57. The number of hydrogen-bond donors (Lipinski definition) is 2. The first-order chi connectivity index (χ1) is 8.51. The van der Waals surface area contributed by atoms with Gasteiger partial charge in [-0.15, -0.1) is 0 Å². The summed E-state index contributed by atoms with van der Waals surface area (Å²) >= 11 is 6.30. The molecule has 0 unspecified atom stereocenters. The number of aliphatic hydroxyl groups is 1. The van der Waals surface area contributed by atoms with Gasteiger partial charge in [0.2, 0.25) is 5.88 Å². The Bertz CT molecular complexity index is 643. The summed E-state index contributed by atoms with van der Waals surface area (Å²) < 4.78 is 6.78. The number of ether oxygens (including phenoxy) is 1. The van der Waals surface area contributed by atoms with E-state index in [2.05, 4.69) is 21.5 Å². The van der Waals surface area contributed by atoms with Crippen LogP contribution in [-0.2, 0) is 9.92 Å². The van der Waals surface area contributed by atoms with Crippen molar-refractivity contribution in [2.75, 3.05) is 0 Å². The molecule has 1 fully saturated rings. The van der Waals surface area contributed by atoms with Crippen LogP contribution < -0.4 is 0 Å². The van der Waals surface area contributed by atoms with Crippen LogP contribution in [0.2, 0.25) is 0 Å². The van der Waals surface area contributed by atoms with Gasteiger partial charge in [-0.25, -0.2) is 9.97 Å². The maximum atomic E-state index is 9.63. The van der Waals surface area contributed by atoms with Crippen LogP contribution in [0, 0.1) is 0 Å². The van der Waals surface area contributed by atoms with E-state index in [9.17, 15) is 10.2 Å². The maximum absolute atomic E-state index is 9.63. The molecular weight excluding hydrogens is 260 g/mol.